The second-order valence-electron chi connectivity index (χ2n) is 3.57. The van der Waals surface area contributed by atoms with Crippen LogP contribution in [0.25, 0.3) is 0 Å². The molecular weight excluding hydrogens is 166 g/mol. The molecule has 0 radical (unpaired) electrons. The summed E-state index contributed by atoms with van der Waals surface area (Å²) >= 11 is 0. The van der Waals surface area contributed by atoms with Crippen LogP contribution < -0.4 is 5.32 Å². The molecular formula is C10H21NO2. The Hall–Kier alpha value is -0.410. The van der Waals surface area contributed by atoms with E-state index in [1.165, 1.54) is 0 Å². The number of methoxy groups -OCH3 is 1. The summed E-state index contributed by atoms with van der Waals surface area (Å²) < 4.78 is 4.98. The van der Waals surface area contributed by atoms with E-state index in [0.717, 1.165) is 19.4 Å². The van der Waals surface area contributed by atoms with Crippen LogP contribution >= 0.6 is 0 Å². The molecule has 2 unspecified atom stereocenters. The first-order valence-electron chi connectivity index (χ1n) is 4.78. The second kappa shape index (κ2) is 7.04. The van der Waals surface area contributed by atoms with E-state index in [9.17, 15) is 4.79 Å². The average Bonchev–Trinajstić information content (AvgIpc) is 2.10. The van der Waals surface area contributed by atoms with Gasteiger partial charge in [0.1, 0.15) is 5.78 Å². The van der Waals surface area contributed by atoms with Crippen molar-refractivity contribution in [2.24, 2.45) is 5.92 Å². The van der Waals surface area contributed by atoms with Gasteiger partial charge in [-0.1, -0.05) is 6.92 Å². The maximum atomic E-state index is 11.1. The zero-order chi connectivity index (χ0) is 10.3. The molecule has 2 atom stereocenters. The highest BCUT2D eigenvalue weighted by molar-refractivity contribution is 5.81. The quantitative estimate of drug-likeness (QED) is 0.651. The van der Waals surface area contributed by atoms with Crippen LogP contribution in [-0.2, 0) is 9.53 Å². The summed E-state index contributed by atoms with van der Waals surface area (Å²) in [6.45, 7) is 4.55. The molecule has 0 aliphatic rings. The molecule has 13 heavy (non-hydrogen) atoms. The van der Waals surface area contributed by atoms with E-state index in [4.69, 9.17) is 4.74 Å². The van der Waals surface area contributed by atoms with E-state index >= 15 is 0 Å². The lowest BCUT2D eigenvalue weighted by Gasteiger charge is -2.17. The standard InChI is InChI=1S/C10H21NO2/c1-8(5-6-13-4)7-10(11-3)9(2)12/h8,10-11H,5-7H2,1-4H3. The van der Waals surface area contributed by atoms with E-state index in [1.807, 2.05) is 7.05 Å². The van der Waals surface area contributed by atoms with Crippen LogP contribution in [0.1, 0.15) is 26.7 Å². The molecule has 0 spiro atoms. The lowest BCUT2D eigenvalue weighted by atomic mass is 9.97. The van der Waals surface area contributed by atoms with Gasteiger partial charge in [0.25, 0.3) is 0 Å². The number of hydrogen-bond donors (Lipinski definition) is 1. The molecule has 0 aromatic rings. The van der Waals surface area contributed by atoms with E-state index in [2.05, 4.69) is 12.2 Å². The Morgan fingerprint density at radius 3 is 2.54 bits per heavy atom. The molecule has 0 fully saturated rings. The van der Waals surface area contributed by atoms with Gasteiger partial charge in [0, 0.05) is 13.7 Å². The largest absolute Gasteiger partial charge is 0.385 e. The Labute approximate surface area is 80.8 Å². The Morgan fingerprint density at radius 1 is 1.54 bits per heavy atom. The fourth-order valence-corrected chi connectivity index (χ4v) is 1.33. The normalized spacial score (nSPS) is 15.4. The lowest BCUT2D eigenvalue weighted by Crippen LogP contribution is -2.34. The first-order valence-corrected chi connectivity index (χ1v) is 4.78. The first kappa shape index (κ1) is 12.6. The van der Waals surface area contributed by atoms with Crippen LogP contribution in [0.15, 0.2) is 0 Å². The molecule has 3 nitrogen and oxygen atoms in total. The second-order valence-corrected chi connectivity index (χ2v) is 3.57. The zero-order valence-electron chi connectivity index (χ0n) is 9.09. The van der Waals surface area contributed by atoms with Crippen LogP contribution in [0.5, 0.6) is 0 Å². The van der Waals surface area contributed by atoms with Crippen molar-refractivity contribution in [2.45, 2.75) is 32.7 Å². The topological polar surface area (TPSA) is 38.3 Å². The molecule has 0 saturated heterocycles. The van der Waals surface area contributed by atoms with E-state index in [-0.39, 0.29) is 11.8 Å². The molecule has 0 aliphatic carbocycles. The summed E-state index contributed by atoms with van der Waals surface area (Å²) in [5.74, 6) is 0.744. The van der Waals surface area contributed by atoms with Crippen LogP contribution in [0, 0.1) is 5.92 Å². The highest BCUT2D eigenvalue weighted by Gasteiger charge is 2.14. The van der Waals surface area contributed by atoms with Gasteiger partial charge in [0.05, 0.1) is 6.04 Å². The number of likely N-dealkylation sites (N-methyl/N-ethyl adjacent to an activating group) is 1. The summed E-state index contributed by atoms with van der Waals surface area (Å²) in [6, 6.07) is 0.00635. The van der Waals surface area contributed by atoms with Crippen LogP contribution in [0.4, 0.5) is 0 Å². The van der Waals surface area contributed by atoms with Crippen molar-refractivity contribution in [1.29, 1.82) is 0 Å². The van der Waals surface area contributed by atoms with E-state index < -0.39 is 0 Å². The Bertz CT molecular complexity index is 148. The number of ether oxygens (including phenoxy) is 1. The Morgan fingerprint density at radius 2 is 2.15 bits per heavy atom. The monoisotopic (exact) mass is 187 g/mol. The minimum Gasteiger partial charge on any atom is -0.385 e. The smallest absolute Gasteiger partial charge is 0.146 e. The molecule has 0 aromatic carbocycles. The Balaban J connectivity index is 3.73. The van der Waals surface area contributed by atoms with E-state index in [1.54, 1.807) is 14.0 Å². The van der Waals surface area contributed by atoms with Crippen molar-refractivity contribution < 1.29 is 9.53 Å². The van der Waals surface area contributed by atoms with Crippen molar-refractivity contribution in [3.05, 3.63) is 0 Å². The molecule has 0 heterocycles. The summed E-state index contributed by atoms with van der Waals surface area (Å²) in [6.07, 6.45) is 1.91. The molecule has 78 valence electrons. The summed E-state index contributed by atoms with van der Waals surface area (Å²) in [7, 11) is 3.53. The van der Waals surface area contributed by atoms with Gasteiger partial charge in [-0.2, -0.15) is 0 Å². The molecule has 0 aliphatic heterocycles. The fraction of sp³-hybridized carbons (Fsp3) is 0.900. The van der Waals surface area contributed by atoms with E-state index in [0.29, 0.717) is 5.92 Å². The highest BCUT2D eigenvalue weighted by Crippen LogP contribution is 2.10. The number of rotatable bonds is 7. The molecule has 0 saturated carbocycles. The molecule has 1 N–H and O–H groups in total. The lowest BCUT2D eigenvalue weighted by molar-refractivity contribution is -0.119. The maximum absolute atomic E-state index is 11.1. The van der Waals surface area contributed by atoms with Crippen molar-refractivity contribution >= 4 is 5.78 Å². The zero-order valence-corrected chi connectivity index (χ0v) is 9.09. The summed E-state index contributed by atoms with van der Waals surface area (Å²) in [5.41, 5.74) is 0. The van der Waals surface area contributed by atoms with Gasteiger partial charge < -0.3 is 10.1 Å². The molecule has 3 heteroatoms. The Kier molecular flexibility index (Phi) is 6.82. The third kappa shape index (κ3) is 5.77. The minimum absolute atomic E-state index is 0.00635. The van der Waals surface area contributed by atoms with Crippen LogP contribution in [-0.4, -0.2) is 32.6 Å². The first-order chi connectivity index (χ1) is 6.11. The maximum Gasteiger partial charge on any atom is 0.146 e. The van der Waals surface area contributed by atoms with Crippen molar-refractivity contribution in [3.8, 4) is 0 Å². The van der Waals surface area contributed by atoms with Gasteiger partial charge in [0.2, 0.25) is 0 Å². The fourth-order valence-electron chi connectivity index (χ4n) is 1.33. The third-order valence-corrected chi connectivity index (χ3v) is 2.29. The SMILES string of the molecule is CNC(CC(C)CCOC)C(C)=O. The number of nitrogens with one attached hydrogen (secondary N) is 1. The van der Waals surface area contributed by atoms with Gasteiger partial charge in [-0.25, -0.2) is 0 Å². The minimum atomic E-state index is 0.00635. The molecule has 0 rings (SSSR count). The van der Waals surface area contributed by atoms with Gasteiger partial charge in [-0.3, -0.25) is 4.79 Å². The molecule has 0 aromatic heterocycles. The third-order valence-electron chi connectivity index (χ3n) is 2.29. The van der Waals surface area contributed by atoms with Gasteiger partial charge in [0.15, 0.2) is 0 Å². The average molecular weight is 187 g/mol. The predicted molar refractivity (Wildman–Crippen MR) is 53.8 cm³/mol. The van der Waals surface area contributed by atoms with Crippen LogP contribution in [0.3, 0.4) is 0 Å². The number of carbonyl (C=O) groups excluding carboxylic acids is 1. The van der Waals surface area contributed by atoms with Crippen molar-refractivity contribution in [2.75, 3.05) is 20.8 Å². The number of ketones is 1. The summed E-state index contributed by atoms with van der Waals surface area (Å²) in [5, 5.41) is 3.02. The van der Waals surface area contributed by atoms with Crippen molar-refractivity contribution in [1.82, 2.24) is 5.32 Å². The van der Waals surface area contributed by atoms with Crippen LogP contribution in [0.2, 0.25) is 0 Å². The molecule has 0 amide bonds. The molecule has 0 bridgehead atoms. The highest BCUT2D eigenvalue weighted by atomic mass is 16.5. The number of Topliss-reactive ketones (excluding diaryl/α,β-unsaturated/α-hetero) is 1. The summed E-state index contributed by atoms with van der Waals surface area (Å²) in [4.78, 5) is 11.1. The predicted octanol–water partition coefficient (Wildman–Crippen LogP) is 1.23. The number of hydrogen-bond acceptors (Lipinski definition) is 3. The van der Waals surface area contributed by atoms with Gasteiger partial charge in [-0.15, -0.1) is 0 Å². The van der Waals surface area contributed by atoms with Gasteiger partial charge >= 0.3 is 0 Å². The van der Waals surface area contributed by atoms with Gasteiger partial charge in [-0.05, 0) is 32.7 Å². The van der Waals surface area contributed by atoms with Crippen molar-refractivity contribution in [3.63, 3.8) is 0 Å². The number of carbonyl (C=O) groups is 1.